The van der Waals surface area contributed by atoms with Gasteiger partial charge in [0, 0.05) is 6.54 Å². The first kappa shape index (κ1) is 18.6. The number of aromatic nitrogens is 2. The van der Waals surface area contributed by atoms with E-state index in [1.807, 2.05) is 6.92 Å². The Bertz CT molecular complexity index is 1030. The van der Waals surface area contributed by atoms with Gasteiger partial charge in [-0.1, -0.05) is 18.2 Å². The Morgan fingerprint density at radius 1 is 1.26 bits per heavy atom. The molecule has 0 radical (unpaired) electrons. The highest BCUT2D eigenvalue weighted by atomic mass is 19.1. The highest BCUT2D eigenvalue weighted by Crippen LogP contribution is 2.18. The average Bonchev–Trinajstić information content (AvgIpc) is 2.66. The van der Waals surface area contributed by atoms with E-state index in [0.29, 0.717) is 28.8 Å². The molecule has 1 aromatic heterocycles. The van der Waals surface area contributed by atoms with Gasteiger partial charge in [0.15, 0.2) is 11.6 Å². The Morgan fingerprint density at radius 3 is 2.74 bits per heavy atom. The molecule has 27 heavy (non-hydrogen) atoms. The molecule has 0 aliphatic heterocycles. The van der Waals surface area contributed by atoms with Crippen LogP contribution < -0.4 is 10.3 Å². The van der Waals surface area contributed by atoms with Gasteiger partial charge in [-0.25, -0.2) is 9.37 Å². The van der Waals surface area contributed by atoms with Crippen molar-refractivity contribution in [2.75, 3.05) is 13.7 Å². The maximum Gasteiger partial charge on any atom is 0.258 e. The number of nitrogens with one attached hydrogen (secondary N) is 1. The number of ether oxygens (including phenoxy) is 1. The lowest BCUT2D eigenvalue weighted by molar-refractivity contribution is -0.131. The fourth-order valence-electron chi connectivity index (χ4n) is 2.87. The molecule has 0 aliphatic carbocycles. The van der Waals surface area contributed by atoms with E-state index in [2.05, 4.69) is 9.97 Å². The van der Waals surface area contributed by atoms with Crippen LogP contribution in [0.5, 0.6) is 5.75 Å². The molecule has 0 aliphatic rings. The van der Waals surface area contributed by atoms with Gasteiger partial charge in [-0.05, 0) is 36.8 Å². The number of carbonyl (C=O) groups excluding carboxylic acids is 1. The van der Waals surface area contributed by atoms with Crippen LogP contribution in [-0.4, -0.2) is 34.4 Å². The predicted molar refractivity (Wildman–Crippen MR) is 100 cm³/mol. The largest absolute Gasteiger partial charge is 0.494 e. The molecule has 1 N–H and O–H groups in total. The first-order chi connectivity index (χ1) is 13.0. The first-order valence-corrected chi connectivity index (χ1v) is 8.60. The Hall–Kier alpha value is -3.22. The second-order valence-corrected chi connectivity index (χ2v) is 6.08. The highest BCUT2D eigenvalue weighted by molar-refractivity contribution is 5.79. The fraction of sp³-hybridized carbons (Fsp3) is 0.250. The number of hydrogen-bond acceptors (Lipinski definition) is 4. The number of methoxy groups -OCH3 is 1. The Labute approximate surface area is 155 Å². The van der Waals surface area contributed by atoms with Gasteiger partial charge in [-0.2, -0.15) is 0 Å². The number of fused-ring (bicyclic) bond motifs is 1. The summed E-state index contributed by atoms with van der Waals surface area (Å²) in [5.74, 6) is -0.143. The maximum absolute atomic E-state index is 13.8. The Morgan fingerprint density at radius 2 is 2.04 bits per heavy atom. The molecule has 0 unspecified atom stereocenters. The molecule has 0 saturated heterocycles. The minimum atomic E-state index is -0.508. The molecule has 0 bridgehead atoms. The van der Waals surface area contributed by atoms with E-state index < -0.39 is 5.82 Å². The van der Waals surface area contributed by atoms with Gasteiger partial charge in [0.25, 0.3) is 5.56 Å². The van der Waals surface area contributed by atoms with Crippen LogP contribution in [0.2, 0.25) is 0 Å². The lowest BCUT2D eigenvalue weighted by Crippen LogP contribution is -2.33. The molecule has 1 amide bonds. The zero-order valence-electron chi connectivity index (χ0n) is 15.2. The van der Waals surface area contributed by atoms with Gasteiger partial charge in [-0.15, -0.1) is 0 Å². The van der Waals surface area contributed by atoms with Gasteiger partial charge in [0.2, 0.25) is 5.91 Å². The molecule has 1 heterocycles. The van der Waals surface area contributed by atoms with Crippen LogP contribution in [0.15, 0.2) is 47.3 Å². The second-order valence-electron chi connectivity index (χ2n) is 6.08. The molecular formula is C20H20FN3O3. The highest BCUT2D eigenvalue weighted by Gasteiger charge is 2.16. The third kappa shape index (κ3) is 4.13. The van der Waals surface area contributed by atoms with Crippen LogP contribution in [-0.2, 0) is 17.8 Å². The molecule has 2 aromatic carbocycles. The van der Waals surface area contributed by atoms with E-state index in [-0.39, 0.29) is 30.2 Å². The Kier molecular flexibility index (Phi) is 5.49. The van der Waals surface area contributed by atoms with E-state index in [4.69, 9.17) is 4.74 Å². The number of aromatic amines is 1. The van der Waals surface area contributed by atoms with Crippen molar-refractivity contribution >= 4 is 16.8 Å². The third-order valence-electron chi connectivity index (χ3n) is 4.31. The molecular weight excluding hydrogens is 349 g/mol. The van der Waals surface area contributed by atoms with Gasteiger partial charge in [-0.3, -0.25) is 9.59 Å². The van der Waals surface area contributed by atoms with Crippen molar-refractivity contribution in [1.29, 1.82) is 0 Å². The number of likely N-dealkylation sites (N-methyl/N-ethyl adjacent to an activating group) is 1. The molecule has 3 aromatic rings. The number of carbonyl (C=O) groups is 1. The summed E-state index contributed by atoms with van der Waals surface area (Å²) in [6.45, 7) is 2.45. The quantitative estimate of drug-likeness (QED) is 0.725. The van der Waals surface area contributed by atoms with Crippen LogP contribution in [0.25, 0.3) is 10.9 Å². The summed E-state index contributed by atoms with van der Waals surface area (Å²) in [7, 11) is 1.39. The number of rotatable bonds is 6. The van der Waals surface area contributed by atoms with Crippen molar-refractivity contribution < 1.29 is 13.9 Å². The zero-order valence-corrected chi connectivity index (χ0v) is 15.2. The molecule has 0 spiro atoms. The zero-order chi connectivity index (χ0) is 19.4. The van der Waals surface area contributed by atoms with E-state index in [1.54, 1.807) is 35.2 Å². The molecule has 140 valence electrons. The van der Waals surface area contributed by atoms with E-state index >= 15 is 0 Å². The summed E-state index contributed by atoms with van der Waals surface area (Å²) in [5.41, 5.74) is 0.894. The number of nitrogens with zero attached hydrogens (tertiary/aromatic N) is 2. The van der Waals surface area contributed by atoms with Gasteiger partial charge in [0.1, 0.15) is 5.82 Å². The fourth-order valence-corrected chi connectivity index (χ4v) is 2.87. The van der Waals surface area contributed by atoms with Crippen molar-refractivity contribution in [1.82, 2.24) is 14.9 Å². The SMILES string of the molecule is CCN(Cc1nc2ccccc2c(=O)[nH]1)C(=O)Cc1ccc(OC)c(F)c1. The molecule has 0 saturated carbocycles. The van der Waals surface area contributed by atoms with E-state index in [1.165, 1.54) is 19.2 Å². The number of benzene rings is 2. The molecule has 0 fully saturated rings. The number of halogens is 1. The molecule has 6 nitrogen and oxygen atoms in total. The van der Waals surface area contributed by atoms with Crippen LogP contribution in [0.4, 0.5) is 4.39 Å². The minimum Gasteiger partial charge on any atom is -0.494 e. The number of amides is 1. The summed E-state index contributed by atoms with van der Waals surface area (Å²) in [5, 5.41) is 0.504. The normalized spacial score (nSPS) is 10.8. The number of para-hydroxylation sites is 1. The third-order valence-corrected chi connectivity index (χ3v) is 4.31. The molecule has 3 rings (SSSR count). The van der Waals surface area contributed by atoms with Crippen LogP contribution in [0.1, 0.15) is 18.3 Å². The lowest BCUT2D eigenvalue weighted by atomic mass is 10.1. The van der Waals surface area contributed by atoms with E-state index in [9.17, 15) is 14.0 Å². The monoisotopic (exact) mass is 369 g/mol. The lowest BCUT2D eigenvalue weighted by Gasteiger charge is -2.20. The van der Waals surface area contributed by atoms with Crippen molar-refractivity contribution in [3.05, 3.63) is 70.0 Å². The van der Waals surface area contributed by atoms with Gasteiger partial charge >= 0.3 is 0 Å². The van der Waals surface area contributed by atoms with E-state index in [0.717, 1.165) is 0 Å². The van der Waals surface area contributed by atoms with Gasteiger partial charge in [0.05, 0.1) is 31.0 Å². The van der Waals surface area contributed by atoms with Crippen LogP contribution in [0.3, 0.4) is 0 Å². The summed E-state index contributed by atoms with van der Waals surface area (Å²) < 4.78 is 18.7. The first-order valence-electron chi connectivity index (χ1n) is 8.60. The van der Waals surface area contributed by atoms with Crippen LogP contribution >= 0.6 is 0 Å². The summed E-state index contributed by atoms with van der Waals surface area (Å²) in [6.07, 6.45) is 0.0482. The summed E-state index contributed by atoms with van der Waals surface area (Å²) >= 11 is 0. The maximum atomic E-state index is 13.8. The van der Waals surface area contributed by atoms with Gasteiger partial charge < -0.3 is 14.6 Å². The van der Waals surface area contributed by atoms with Crippen molar-refractivity contribution in [3.63, 3.8) is 0 Å². The average molecular weight is 369 g/mol. The number of hydrogen-bond donors (Lipinski definition) is 1. The number of H-pyrrole nitrogens is 1. The molecule has 7 heteroatoms. The van der Waals surface area contributed by atoms with Crippen molar-refractivity contribution in [3.8, 4) is 5.75 Å². The van der Waals surface area contributed by atoms with Crippen LogP contribution in [0, 0.1) is 5.82 Å². The van der Waals surface area contributed by atoms with Crippen molar-refractivity contribution in [2.24, 2.45) is 0 Å². The minimum absolute atomic E-state index is 0.0482. The molecule has 0 atom stereocenters. The standard InChI is InChI=1S/C20H20FN3O3/c1-3-24(19(25)11-13-8-9-17(27-2)15(21)10-13)12-18-22-16-7-5-4-6-14(16)20(26)23-18/h4-10H,3,11-12H2,1-2H3,(H,22,23,26). The summed E-state index contributed by atoms with van der Waals surface area (Å²) in [4.78, 5) is 33.5. The smallest absolute Gasteiger partial charge is 0.258 e. The predicted octanol–water partition coefficient (Wildman–Crippen LogP) is 2.66. The Balaban J connectivity index is 1.78. The summed E-state index contributed by atoms with van der Waals surface area (Å²) in [6, 6.07) is 11.5. The second kappa shape index (κ2) is 7.99. The van der Waals surface area contributed by atoms with Crippen molar-refractivity contribution in [2.45, 2.75) is 19.9 Å². The topological polar surface area (TPSA) is 75.3 Å².